The highest BCUT2D eigenvalue weighted by Gasteiger charge is 2.38. The fraction of sp³-hybridized carbons (Fsp3) is 0.400. The maximum absolute atomic E-state index is 5.84. The van der Waals surface area contributed by atoms with Crippen molar-refractivity contribution < 1.29 is 13.9 Å². The normalized spacial score (nSPS) is 11.8. The average molecular weight is 340 g/mol. The molecule has 2 rings (SSSR count). The van der Waals surface area contributed by atoms with E-state index < -0.39 is 5.79 Å². The van der Waals surface area contributed by atoms with Crippen LogP contribution in [0.5, 0.6) is 0 Å². The van der Waals surface area contributed by atoms with Gasteiger partial charge in [-0.15, -0.1) is 0 Å². The molecule has 1 aromatic carbocycles. The van der Waals surface area contributed by atoms with Gasteiger partial charge in [0.1, 0.15) is 0 Å². The SMILES string of the molecule is CCOC(CBr)(OCC)c1ncc(-c2ccccc2)o1. The lowest BCUT2D eigenvalue weighted by Gasteiger charge is -2.27. The number of hydrogen-bond donors (Lipinski definition) is 0. The fourth-order valence-electron chi connectivity index (χ4n) is 1.95. The molecule has 1 heterocycles. The number of alkyl halides is 1. The number of ether oxygens (including phenoxy) is 2. The molecule has 0 aliphatic rings. The minimum atomic E-state index is -0.976. The number of hydrogen-bond acceptors (Lipinski definition) is 4. The summed E-state index contributed by atoms with van der Waals surface area (Å²) in [6.45, 7) is 4.85. The van der Waals surface area contributed by atoms with Gasteiger partial charge in [0.15, 0.2) is 5.76 Å². The monoisotopic (exact) mass is 339 g/mol. The van der Waals surface area contributed by atoms with Crippen molar-refractivity contribution in [3.63, 3.8) is 0 Å². The summed E-state index contributed by atoms with van der Waals surface area (Å²) in [7, 11) is 0. The smallest absolute Gasteiger partial charge is 0.257 e. The van der Waals surface area contributed by atoms with Crippen LogP contribution in [0.3, 0.4) is 0 Å². The summed E-state index contributed by atoms with van der Waals surface area (Å²) >= 11 is 3.43. The molecule has 0 fully saturated rings. The molecule has 0 atom stereocenters. The third-order valence-corrected chi connectivity index (χ3v) is 3.56. The topological polar surface area (TPSA) is 44.5 Å². The van der Waals surface area contributed by atoms with Gasteiger partial charge in [-0.05, 0) is 13.8 Å². The lowest BCUT2D eigenvalue weighted by Crippen LogP contribution is -2.35. The van der Waals surface area contributed by atoms with Gasteiger partial charge in [0.2, 0.25) is 0 Å². The van der Waals surface area contributed by atoms with Crippen molar-refractivity contribution in [1.82, 2.24) is 4.98 Å². The number of benzene rings is 1. The standard InChI is InChI=1S/C15H18BrNO3/c1-3-18-15(11-16,19-4-2)14-17-10-13(20-14)12-8-6-5-7-9-12/h5-10H,3-4,11H2,1-2H3. The predicted molar refractivity (Wildman–Crippen MR) is 80.7 cm³/mol. The summed E-state index contributed by atoms with van der Waals surface area (Å²) in [4.78, 5) is 4.33. The zero-order chi connectivity index (χ0) is 14.4. The fourth-order valence-corrected chi connectivity index (χ4v) is 2.52. The van der Waals surface area contributed by atoms with Gasteiger partial charge >= 0.3 is 0 Å². The molecule has 20 heavy (non-hydrogen) atoms. The predicted octanol–water partition coefficient (Wildman–Crippen LogP) is 3.96. The average Bonchev–Trinajstić information content (AvgIpc) is 2.98. The molecule has 0 aliphatic carbocycles. The van der Waals surface area contributed by atoms with E-state index in [0.29, 0.717) is 30.2 Å². The van der Waals surface area contributed by atoms with Crippen LogP contribution in [0, 0.1) is 0 Å². The van der Waals surface area contributed by atoms with Gasteiger partial charge in [-0.3, -0.25) is 0 Å². The summed E-state index contributed by atoms with van der Waals surface area (Å²) in [5.74, 6) is 0.151. The molecule has 2 aromatic rings. The number of nitrogens with zero attached hydrogens (tertiary/aromatic N) is 1. The summed E-state index contributed by atoms with van der Waals surface area (Å²) in [6, 6.07) is 9.83. The first-order valence-corrected chi connectivity index (χ1v) is 7.73. The molecule has 0 radical (unpaired) electrons. The first-order valence-electron chi connectivity index (χ1n) is 6.61. The third kappa shape index (κ3) is 3.11. The highest BCUT2D eigenvalue weighted by Crippen LogP contribution is 2.32. The molecule has 0 saturated heterocycles. The molecule has 108 valence electrons. The summed E-state index contributed by atoms with van der Waals surface area (Å²) in [6.07, 6.45) is 1.69. The highest BCUT2D eigenvalue weighted by molar-refractivity contribution is 9.09. The van der Waals surface area contributed by atoms with Gasteiger partial charge in [-0.25, -0.2) is 4.98 Å². The van der Waals surface area contributed by atoms with Crippen LogP contribution in [-0.2, 0) is 15.3 Å². The van der Waals surface area contributed by atoms with Crippen molar-refractivity contribution in [1.29, 1.82) is 0 Å². The van der Waals surface area contributed by atoms with E-state index in [4.69, 9.17) is 13.9 Å². The van der Waals surface area contributed by atoms with Crippen molar-refractivity contribution in [3.8, 4) is 11.3 Å². The molecule has 4 nitrogen and oxygen atoms in total. The van der Waals surface area contributed by atoms with Gasteiger partial charge in [-0.2, -0.15) is 0 Å². The van der Waals surface area contributed by atoms with Crippen LogP contribution in [0.25, 0.3) is 11.3 Å². The Hall–Kier alpha value is -1.17. The molecular formula is C15H18BrNO3. The van der Waals surface area contributed by atoms with Crippen LogP contribution in [0.4, 0.5) is 0 Å². The first kappa shape index (κ1) is 15.2. The van der Waals surface area contributed by atoms with Crippen molar-refractivity contribution in [2.45, 2.75) is 19.6 Å². The molecule has 1 aromatic heterocycles. The Morgan fingerprint density at radius 1 is 1.15 bits per heavy atom. The molecule has 0 spiro atoms. The molecule has 5 heteroatoms. The molecule has 0 amide bonds. The van der Waals surface area contributed by atoms with E-state index in [9.17, 15) is 0 Å². The third-order valence-electron chi connectivity index (χ3n) is 2.82. The number of rotatable bonds is 7. The van der Waals surface area contributed by atoms with Gasteiger partial charge in [0.05, 0.1) is 11.5 Å². The number of oxazole rings is 1. The van der Waals surface area contributed by atoms with Gasteiger partial charge in [-0.1, -0.05) is 46.3 Å². The maximum atomic E-state index is 5.84. The minimum Gasteiger partial charge on any atom is -0.435 e. The summed E-state index contributed by atoms with van der Waals surface area (Å²) in [5, 5.41) is 0.455. The van der Waals surface area contributed by atoms with Crippen LogP contribution >= 0.6 is 15.9 Å². The Morgan fingerprint density at radius 2 is 1.80 bits per heavy atom. The molecule has 0 saturated carbocycles. The van der Waals surface area contributed by atoms with E-state index in [2.05, 4.69) is 20.9 Å². The van der Waals surface area contributed by atoms with Crippen molar-refractivity contribution in [2.24, 2.45) is 0 Å². The lowest BCUT2D eigenvalue weighted by molar-refractivity contribution is -0.237. The molecule has 0 N–H and O–H groups in total. The Kier molecular flexibility index (Phi) is 5.34. The number of aromatic nitrogens is 1. The summed E-state index contributed by atoms with van der Waals surface area (Å²) < 4.78 is 17.3. The largest absolute Gasteiger partial charge is 0.435 e. The van der Waals surface area contributed by atoms with Crippen LogP contribution in [-0.4, -0.2) is 23.5 Å². The molecule has 0 unspecified atom stereocenters. The maximum Gasteiger partial charge on any atom is 0.257 e. The Bertz CT molecular complexity index is 521. The van der Waals surface area contributed by atoms with E-state index in [1.807, 2.05) is 44.2 Å². The van der Waals surface area contributed by atoms with Crippen LogP contribution < -0.4 is 0 Å². The molecular weight excluding hydrogens is 322 g/mol. The van der Waals surface area contributed by atoms with Crippen molar-refractivity contribution in [3.05, 3.63) is 42.4 Å². The lowest BCUT2D eigenvalue weighted by atomic mass is 10.2. The van der Waals surface area contributed by atoms with Crippen LogP contribution in [0.2, 0.25) is 0 Å². The van der Waals surface area contributed by atoms with Gasteiger partial charge in [0, 0.05) is 18.8 Å². The van der Waals surface area contributed by atoms with E-state index in [0.717, 1.165) is 5.56 Å². The van der Waals surface area contributed by atoms with E-state index in [-0.39, 0.29) is 0 Å². The minimum absolute atomic E-state index is 0.428. The Labute approximate surface area is 127 Å². The molecule has 0 aliphatic heterocycles. The van der Waals surface area contributed by atoms with Crippen LogP contribution in [0.15, 0.2) is 40.9 Å². The van der Waals surface area contributed by atoms with Gasteiger partial charge < -0.3 is 13.9 Å². The first-order chi connectivity index (χ1) is 9.75. The van der Waals surface area contributed by atoms with E-state index in [1.54, 1.807) is 6.20 Å². The van der Waals surface area contributed by atoms with E-state index >= 15 is 0 Å². The second-order valence-electron chi connectivity index (χ2n) is 4.15. The Morgan fingerprint density at radius 3 is 2.35 bits per heavy atom. The van der Waals surface area contributed by atoms with Crippen molar-refractivity contribution >= 4 is 15.9 Å². The van der Waals surface area contributed by atoms with Crippen molar-refractivity contribution in [2.75, 3.05) is 18.5 Å². The second kappa shape index (κ2) is 7.02. The second-order valence-corrected chi connectivity index (χ2v) is 4.71. The van der Waals surface area contributed by atoms with E-state index in [1.165, 1.54) is 0 Å². The quantitative estimate of drug-likeness (QED) is 0.565. The zero-order valence-electron chi connectivity index (χ0n) is 11.6. The summed E-state index contributed by atoms with van der Waals surface area (Å²) in [5.41, 5.74) is 0.975. The molecule has 0 bridgehead atoms. The van der Waals surface area contributed by atoms with Crippen LogP contribution in [0.1, 0.15) is 19.7 Å². The Balaban J connectivity index is 2.33. The van der Waals surface area contributed by atoms with Gasteiger partial charge in [0.25, 0.3) is 11.7 Å². The zero-order valence-corrected chi connectivity index (χ0v) is 13.2. The number of halogens is 1. The highest BCUT2D eigenvalue weighted by atomic mass is 79.9.